The fraction of sp³-hybridized carbons (Fsp3) is 0.250. The molecule has 1 aliphatic rings. The predicted molar refractivity (Wildman–Crippen MR) is 106 cm³/mol. The number of aryl methyl sites for hydroxylation is 1. The van der Waals surface area contributed by atoms with Gasteiger partial charge in [-0.05, 0) is 37.1 Å². The van der Waals surface area contributed by atoms with Crippen molar-refractivity contribution in [2.75, 3.05) is 25.5 Å². The van der Waals surface area contributed by atoms with Crippen molar-refractivity contribution in [3.05, 3.63) is 58.1 Å². The van der Waals surface area contributed by atoms with Gasteiger partial charge in [0.2, 0.25) is 0 Å². The molecule has 1 aliphatic heterocycles. The van der Waals surface area contributed by atoms with Gasteiger partial charge in [0.1, 0.15) is 5.75 Å². The number of anilines is 1. The zero-order valence-electron chi connectivity index (χ0n) is 15.5. The Morgan fingerprint density at radius 3 is 2.39 bits per heavy atom. The minimum atomic E-state index is -0.414. The van der Waals surface area contributed by atoms with Crippen molar-refractivity contribution in [2.24, 2.45) is 0 Å². The average Bonchev–Trinajstić information content (AvgIpc) is 2.92. The molecular weight excluding hydrogens is 382 g/mol. The quantitative estimate of drug-likeness (QED) is 0.573. The molecule has 3 rings (SSSR count). The SMILES string of the molecule is COc1cc(Cl)c(C)cc1NC(=O)NCCCN1C(=O)c2ccccc2C1=O. The first kappa shape index (κ1) is 19.7. The molecule has 2 aromatic carbocycles. The van der Waals surface area contributed by atoms with Crippen molar-refractivity contribution < 1.29 is 19.1 Å². The molecule has 28 heavy (non-hydrogen) atoms. The van der Waals surface area contributed by atoms with Crippen LogP contribution in [0, 0.1) is 6.92 Å². The van der Waals surface area contributed by atoms with Crippen LogP contribution in [0.3, 0.4) is 0 Å². The first-order valence-corrected chi connectivity index (χ1v) is 9.14. The Morgan fingerprint density at radius 2 is 1.79 bits per heavy atom. The van der Waals surface area contributed by atoms with Crippen molar-refractivity contribution in [3.8, 4) is 5.75 Å². The topological polar surface area (TPSA) is 87.7 Å². The number of halogens is 1. The van der Waals surface area contributed by atoms with E-state index in [1.165, 1.54) is 12.0 Å². The summed E-state index contributed by atoms with van der Waals surface area (Å²) in [5.74, 6) is -0.144. The number of hydrogen-bond acceptors (Lipinski definition) is 4. The van der Waals surface area contributed by atoms with Crippen molar-refractivity contribution in [1.82, 2.24) is 10.2 Å². The second-order valence-corrected chi connectivity index (χ2v) is 6.75. The number of methoxy groups -OCH3 is 1. The van der Waals surface area contributed by atoms with Crippen LogP contribution in [0.15, 0.2) is 36.4 Å². The van der Waals surface area contributed by atoms with Crippen molar-refractivity contribution in [1.29, 1.82) is 0 Å². The molecule has 7 nitrogen and oxygen atoms in total. The van der Waals surface area contributed by atoms with Crippen LogP contribution >= 0.6 is 11.6 Å². The first-order chi connectivity index (χ1) is 13.4. The largest absolute Gasteiger partial charge is 0.495 e. The normalized spacial score (nSPS) is 12.8. The van der Waals surface area contributed by atoms with Gasteiger partial charge in [-0.3, -0.25) is 14.5 Å². The van der Waals surface area contributed by atoms with E-state index in [1.807, 2.05) is 6.92 Å². The minimum Gasteiger partial charge on any atom is -0.495 e. The van der Waals surface area contributed by atoms with Crippen LogP contribution in [0.2, 0.25) is 5.02 Å². The third kappa shape index (κ3) is 3.94. The lowest BCUT2D eigenvalue weighted by molar-refractivity contribution is 0.0653. The Kier molecular flexibility index (Phi) is 5.84. The molecule has 0 spiro atoms. The van der Waals surface area contributed by atoms with Crippen molar-refractivity contribution in [2.45, 2.75) is 13.3 Å². The van der Waals surface area contributed by atoms with Gasteiger partial charge in [-0.15, -0.1) is 0 Å². The number of nitrogens with zero attached hydrogens (tertiary/aromatic N) is 1. The number of nitrogens with one attached hydrogen (secondary N) is 2. The lowest BCUT2D eigenvalue weighted by Crippen LogP contribution is -2.35. The van der Waals surface area contributed by atoms with Crippen molar-refractivity contribution >= 4 is 35.1 Å². The number of carbonyl (C=O) groups excluding carboxylic acids is 3. The number of fused-ring (bicyclic) bond motifs is 1. The van der Waals surface area contributed by atoms with E-state index in [0.29, 0.717) is 40.6 Å². The standard InChI is InChI=1S/C20H20ClN3O4/c1-12-10-16(17(28-2)11-15(12)21)23-20(27)22-8-5-9-24-18(25)13-6-3-4-7-14(13)19(24)26/h3-4,6-7,10-11H,5,8-9H2,1-2H3,(H2,22,23,27). The van der Waals surface area contributed by atoms with E-state index in [2.05, 4.69) is 10.6 Å². The number of carbonyl (C=O) groups is 3. The van der Waals surface area contributed by atoms with Gasteiger partial charge in [-0.2, -0.15) is 0 Å². The smallest absolute Gasteiger partial charge is 0.319 e. The Labute approximate surface area is 167 Å². The Balaban J connectivity index is 1.50. The molecule has 0 radical (unpaired) electrons. The number of rotatable bonds is 6. The summed E-state index contributed by atoms with van der Waals surface area (Å²) >= 11 is 6.05. The number of ether oxygens (including phenoxy) is 1. The van der Waals surface area contributed by atoms with E-state index in [1.54, 1.807) is 36.4 Å². The van der Waals surface area contributed by atoms with Crippen LogP contribution in [-0.4, -0.2) is 42.9 Å². The minimum absolute atomic E-state index is 0.232. The highest BCUT2D eigenvalue weighted by atomic mass is 35.5. The molecule has 0 bridgehead atoms. The van der Waals surface area contributed by atoms with Crippen molar-refractivity contribution in [3.63, 3.8) is 0 Å². The van der Waals surface area contributed by atoms with Crippen LogP contribution in [0.5, 0.6) is 5.75 Å². The van der Waals surface area contributed by atoms with E-state index in [4.69, 9.17) is 16.3 Å². The highest BCUT2D eigenvalue weighted by Crippen LogP contribution is 2.30. The Hall–Kier alpha value is -3.06. The van der Waals surface area contributed by atoms with Gasteiger partial charge in [-0.1, -0.05) is 23.7 Å². The highest BCUT2D eigenvalue weighted by Gasteiger charge is 2.34. The molecular formula is C20H20ClN3O4. The van der Waals surface area contributed by atoms with Crippen LogP contribution < -0.4 is 15.4 Å². The van der Waals surface area contributed by atoms with Gasteiger partial charge in [-0.25, -0.2) is 4.79 Å². The molecule has 2 aromatic rings. The number of benzene rings is 2. The third-order valence-corrected chi connectivity index (χ3v) is 4.86. The maximum atomic E-state index is 12.3. The molecule has 8 heteroatoms. The first-order valence-electron chi connectivity index (χ1n) is 8.76. The second-order valence-electron chi connectivity index (χ2n) is 6.34. The Morgan fingerprint density at radius 1 is 1.14 bits per heavy atom. The monoisotopic (exact) mass is 401 g/mol. The fourth-order valence-electron chi connectivity index (χ4n) is 2.98. The van der Waals surface area contributed by atoms with Gasteiger partial charge in [0.15, 0.2) is 0 Å². The summed E-state index contributed by atoms with van der Waals surface area (Å²) in [5, 5.41) is 5.96. The molecule has 0 saturated carbocycles. The molecule has 0 saturated heterocycles. The van der Waals surface area contributed by atoms with Gasteiger partial charge in [0, 0.05) is 24.2 Å². The van der Waals surface area contributed by atoms with Crippen LogP contribution in [0.1, 0.15) is 32.7 Å². The molecule has 146 valence electrons. The number of hydrogen-bond donors (Lipinski definition) is 2. The maximum absolute atomic E-state index is 12.3. The number of amides is 4. The highest BCUT2D eigenvalue weighted by molar-refractivity contribution is 6.31. The van der Waals surface area contributed by atoms with Gasteiger partial charge < -0.3 is 15.4 Å². The van der Waals surface area contributed by atoms with Crippen LogP contribution in [0.25, 0.3) is 0 Å². The van der Waals surface area contributed by atoms with Crippen LogP contribution in [0.4, 0.5) is 10.5 Å². The third-order valence-electron chi connectivity index (χ3n) is 4.45. The average molecular weight is 402 g/mol. The van der Waals surface area contributed by atoms with E-state index < -0.39 is 6.03 Å². The summed E-state index contributed by atoms with van der Waals surface area (Å²) in [4.78, 5) is 37.9. The van der Waals surface area contributed by atoms with E-state index in [0.717, 1.165) is 5.56 Å². The van der Waals surface area contributed by atoms with E-state index >= 15 is 0 Å². The molecule has 0 atom stereocenters. The zero-order chi connectivity index (χ0) is 20.3. The second kappa shape index (κ2) is 8.31. The van der Waals surface area contributed by atoms with E-state index in [9.17, 15) is 14.4 Å². The number of urea groups is 1. The van der Waals surface area contributed by atoms with Crippen LogP contribution in [-0.2, 0) is 0 Å². The van der Waals surface area contributed by atoms with E-state index in [-0.39, 0.29) is 18.4 Å². The molecule has 0 fully saturated rings. The van der Waals surface area contributed by atoms with Gasteiger partial charge >= 0.3 is 6.03 Å². The lowest BCUT2D eigenvalue weighted by atomic mass is 10.1. The van der Waals surface area contributed by atoms with Gasteiger partial charge in [0.05, 0.1) is 23.9 Å². The number of imide groups is 1. The fourth-order valence-corrected chi connectivity index (χ4v) is 3.13. The molecule has 0 aromatic heterocycles. The Bertz CT molecular complexity index is 910. The summed E-state index contributed by atoms with van der Waals surface area (Å²) in [6.07, 6.45) is 0.440. The summed E-state index contributed by atoms with van der Waals surface area (Å²) in [5.41, 5.74) is 2.15. The molecule has 0 aliphatic carbocycles. The summed E-state index contributed by atoms with van der Waals surface area (Å²) < 4.78 is 5.22. The lowest BCUT2D eigenvalue weighted by Gasteiger charge is -2.15. The summed E-state index contributed by atoms with van der Waals surface area (Å²) in [6, 6.07) is 9.68. The summed E-state index contributed by atoms with van der Waals surface area (Å²) in [6.45, 7) is 2.36. The summed E-state index contributed by atoms with van der Waals surface area (Å²) in [7, 11) is 1.49. The zero-order valence-corrected chi connectivity index (χ0v) is 16.3. The molecule has 4 amide bonds. The van der Waals surface area contributed by atoms with Gasteiger partial charge in [0.25, 0.3) is 11.8 Å². The molecule has 2 N–H and O–H groups in total. The molecule has 1 heterocycles. The molecule has 0 unspecified atom stereocenters. The maximum Gasteiger partial charge on any atom is 0.319 e. The predicted octanol–water partition coefficient (Wildman–Crippen LogP) is 3.46.